The van der Waals surface area contributed by atoms with Crippen molar-refractivity contribution >= 4 is 21.6 Å². The van der Waals surface area contributed by atoms with Gasteiger partial charge in [0.1, 0.15) is 0 Å². The summed E-state index contributed by atoms with van der Waals surface area (Å²) in [4.78, 5) is 5.80. The van der Waals surface area contributed by atoms with E-state index in [0.29, 0.717) is 0 Å². The molecule has 0 saturated carbocycles. The molecule has 4 heteroatoms. The molecular weight excluding hydrogens is 294 g/mol. The molecule has 1 N–H and O–H groups in total. The highest BCUT2D eigenvalue weighted by molar-refractivity contribution is 9.10. The highest BCUT2D eigenvalue weighted by atomic mass is 79.9. The predicted molar refractivity (Wildman–Crippen MR) is 78.7 cm³/mol. The van der Waals surface area contributed by atoms with Crippen LogP contribution in [0.4, 0.5) is 5.69 Å². The Morgan fingerprint density at radius 2 is 2.11 bits per heavy atom. The van der Waals surface area contributed by atoms with Crippen LogP contribution in [0.15, 0.2) is 28.7 Å². The van der Waals surface area contributed by atoms with Crippen molar-refractivity contribution in [2.24, 2.45) is 0 Å². The molecular formula is C14H22BrNO2. The molecule has 3 nitrogen and oxygen atoms in total. The summed E-state index contributed by atoms with van der Waals surface area (Å²) in [6, 6.07) is 8.09. The number of hydrogen-bond donors (Lipinski definition) is 1. The van der Waals surface area contributed by atoms with Gasteiger partial charge in [0.2, 0.25) is 0 Å². The Kier molecular flexibility index (Phi) is 8.05. The first-order chi connectivity index (χ1) is 8.77. The summed E-state index contributed by atoms with van der Waals surface area (Å²) in [6.45, 7) is 3.93. The minimum Gasteiger partial charge on any atom is -0.396 e. The molecule has 0 aromatic heterocycles. The normalized spacial score (nSPS) is 10.6. The van der Waals surface area contributed by atoms with Crippen LogP contribution in [-0.4, -0.2) is 24.9 Å². The quantitative estimate of drug-likeness (QED) is 0.556. The number of hydrogen-bond acceptors (Lipinski definition) is 3. The second-order valence-corrected chi connectivity index (χ2v) is 5.12. The SMILES string of the molecule is CCCCON(CCCCO)c1cccc(Br)c1. The van der Waals surface area contributed by atoms with Gasteiger partial charge in [-0.3, -0.25) is 9.90 Å². The summed E-state index contributed by atoms with van der Waals surface area (Å²) in [5.41, 5.74) is 1.05. The van der Waals surface area contributed by atoms with E-state index in [0.717, 1.165) is 49.0 Å². The van der Waals surface area contributed by atoms with E-state index in [1.165, 1.54) is 0 Å². The van der Waals surface area contributed by atoms with Crippen LogP contribution >= 0.6 is 15.9 Å². The predicted octanol–water partition coefficient (Wildman–Crippen LogP) is 3.76. The number of anilines is 1. The van der Waals surface area contributed by atoms with Crippen LogP contribution in [0.2, 0.25) is 0 Å². The van der Waals surface area contributed by atoms with Gasteiger partial charge < -0.3 is 5.11 Å². The minimum absolute atomic E-state index is 0.237. The van der Waals surface area contributed by atoms with Crippen LogP contribution in [0.1, 0.15) is 32.6 Å². The lowest BCUT2D eigenvalue weighted by Gasteiger charge is -2.24. The topological polar surface area (TPSA) is 32.7 Å². The summed E-state index contributed by atoms with van der Waals surface area (Å²) in [5, 5.41) is 10.8. The average molecular weight is 316 g/mol. The van der Waals surface area contributed by atoms with Gasteiger partial charge in [-0.05, 0) is 37.5 Å². The number of aliphatic hydroxyl groups is 1. The molecule has 0 spiro atoms. The summed E-state index contributed by atoms with van der Waals surface area (Å²) in [7, 11) is 0. The van der Waals surface area contributed by atoms with Gasteiger partial charge in [-0.15, -0.1) is 0 Å². The second-order valence-electron chi connectivity index (χ2n) is 4.20. The molecule has 0 fully saturated rings. The number of aliphatic hydroxyl groups excluding tert-OH is 1. The van der Waals surface area contributed by atoms with Gasteiger partial charge in [0.05, 0.1) is 12.3 Å². The summed E-state index contributed by atoms with van der Waals surface area (Å²) < 4.78 is 1.05. The van der Waals surface area contributed by atoms with Crippen molar-refractivity contribution in [3.63, 3.8) is 0 Å². The molecule has 0 atom stereocenters. The number of benzene rings is 1. The second kappa shape index (κ2) is 9.36. The fourth-order valence-electron chi connectivity index (χ4n) is 1.59. The van der Waals surface area contributed by atoms with E-state index in [1.54, 1.807) is 0 Å². The highest BCUT2D eigenvalue weighted by Crippen LogP contribution is 2.20. The summed E-state index contributed by atoms with van der Waals surface area (Å²) >= 11 is 3.47. The van der Waals surface area contributed by atoms with E-state index in [4.69, 9.17) is 9.94 Å². The molecule has 0 saturated heterocycles. The first-order valence-corrected chi connectivity index (χ1v) is 7.34. The Labute approximate surface area is 118 Å². The number of rotatable bonds is 9. The van der Waals surface area contributed by atoms with E-state index >= 15 is 0 Å². The Hall–Kier alpha value is -0.580. The van der Waals surface area contributed by atoms with Crippen molar-refractivity contribution in [1.82, 2.24) is 0 Å². The Morgan fingerprint density at radius 3 is 2.78 bits per heavy atom. The third kappa shape index (κ3) is 5.85. The summed E-state index contributed by atoms with van der Waals surface area (Å²) in [6.07, 6.45) is 3.92. The van der Waals surface area contributed by atoms with E-state index in [1.807, 2.05) is 29.3 Å². The molecule has 0 aliphatic rings. The van der Waals surface area contributed by atoms with E-state index in [2.05, 4.69) is 22.9 Å². The van der Waals surface area contributed by atoms with Crippen LogP contribution in [0.3, 0.4) is 0 Å². The number of halogens is 1. The lowest BCUT2D eigenvalue weighted by molar-refractivity contribution is 0.103. The van der Waals surface area contributed by atoms with E-state index in [9.17, 15) is 0 Å². The molecule has 102 valence electrons. The van der Waals surface area contributed by atoms with Gasteiger partial charge in [0, 0.05) is 17.6 Å². The molecule has 0 aliphatic heterocycles. The van der Waals surface area contributed by atoms with Crippen LogP contribution < -0.4 is 5.06 Å². The largest absolute Gasteiger partial charge is 0.396 e. The molecule has 0 radical (unpaired) electrons. The molecule has 1 aromatic carbocycles. The smallest absolute Gasteiger partial charge is 0.0748 e. The molecule has 18 heavy (non-hydrogen) atoms. The molecule has 1 aromatic rings. The Morgan fingerprint density at radius 1 is 1.28 bits per heavy atom. The van der Waals surface area contributed by atoms with Crippen molar-refractivity contribution in [3.8, 4) is 0 Å². The monoisotopic (exact) mass is 315 g/mol. The van der Waals surface area contributed by atoms with Crippen molar-refractivity contribution in [2.45, 2.75) is 32.6 Å². The Balaban J connectivity index is 2.57. The first kappa shape index (κ1) is 15.5. The van der Waals surface area contributed by atoms with Crippen molar-refractivity contribution < 1.29 is 9.94 Å². The number of unbranched alkanes of at least 4 members (excludes halogenated alkanes) is 2. The van der Waals surface area contributed by atoms with Crippen LogP contribution in [0.5, 0.6) is 0 Å². The van der Waals surface area contributed by atoms with Crippen LogP contribution in [0.25, 0.3) is 0 Å². The molecule has 0 amide bonds. The maximum atomic E-state index is 8.84. The zero-order valence-electron chi connectivity index (χ0n) is 10.9. The van der Waals surface area contributed by atoms with Gasteiger partial charge in [-0.25, -0.2) is 0 Å². The van der Waals surface area contributed by atoms with Crippen LogP contribution in [-0.2, 0) is 4.84 Å². The van der Waals surface area contributed by atoms with Crippen LogP contribution in [0, 0.1) is 0 Å². The fraction of sp³-hybridized carbons (Fsp3) is 0.571. The third-order valence-electron chi connectivity index (χ3n) is 2.61. The third-order valence-corrected chi connectivity index (χ3v) is 3.10. The molecule has 0 bridgehead atoms. The fourth-order valence-corrected chi connectivity index (χ4v) is 1.97. The lowest BCUT2D eigenvalue weighted by Crippen LogP contribution is -2.25. The molecule has 0 heterocycles. The van der Waals surface area contributed by atoms with Gasteiger partial charge in [-0.1, -0.05) is 35.3 Å². The molecule has 0 aliphatic carbocycles. The van der Waals surface area contributed by atoms with Gasteiger partial charge in [0.25, 0.3) is 0 Å². The van der Waals surface area contributed by atoms with Gasteiger partial charge >= 0.3 is 0 Å². The van der Waals surface area contributed by atoms with E-state index < -0.39 is 0 Å². The zero-order valence-corrected chi connectivity index (χ0v) is 12.5. The minimum atomic E-state index is 0.237. The standard InChI is InChI=1S/C14H22BrNO2/c1-2-3-11-18-16(9-4-5-10-17)14-8-6-7-13(15)12-14/h6-8,12,17H,2-5,9-11H2,1H3. The Bertz CT molecular complexity index is 323. The zero-order chi connectivity index (χ0) is 13.2. The van der Waals surface area contributed by atoms with Gasteiger partial charge in [-0.2, -0.15) is 0 Å². The van der Waals surface area contributed by atoms with Crippen molar-refractivity contribution in [1.29, 1.82) is 0 Å². The first-order valence-electron chi connectivity index (χ1n) is 6.54. The van der Waals surface area contributed by atoms with Gasteiger partial charge in [0.15, 0.2) is 0 Å². The maximum absolute atomic E-state index is 8.84. The molecule has 0 unspecified atom stereocenters. The average Bonchev–Trinajstić information content (AvgIpc) is 2.37. The van der Waals surface area contributed by atoms with Crippen molar-refractivity contribution in [2.75, 3.05) is 24.8 Å². The lowest BCUT2D eigenvalue weighted by atomic mass is 10.3. The maximum Gasteiger partial charge on any atom is 0.0748 e. The van der Waals surface area contributed by atoms with Crippen molar-refractivity contribution in [3.05, 3.63) is 28.7 Å². The van der Waals surface area contributed by atoms with E-state index in [-0.39, 0.29) is 6.61 Å². The number of hydroxylamine groups is 1. The highest BCUT2D eigenvalue weighted by Gasteiger charge is 2.07. The number of nitrogens with zero attached hydrogens (tertiary/aromatic N) is 1. The summed E-state index contributed by atoms with van der Waals surface area (Å²) in [5.74, 6) is 0. The molecule has 1 rings (SSSR count).